The van der Waals surface area contributed by atoms with E-state index in [1.807, 2.05) is 0 Å². The molecule has 118 valence electrons. The third-order valence-electron chi connectivity index (χ3n) is 3.99. The molecule has 0 aromatic heterocycles. The van der Waals surface area contributed by atoms with Crippen LogP contribution < -0.4 is 10.5 Å². The monoisotopic (exact) mass is 394 g/mol. The molecular weight excluding hydrogens is 376 g/mol. The minimum Gasteiger partial charge on any atom is -0.398 e. The maximum atomic E-state index is 12.6. The van der Waals surface area contributed by atoms with Crippen molar-refractivity contribution in [2.75, 3.05) is 5.73 Å². The molecule has 1 aromatic carbocycles. The van der Waals surface area contributed by atoms with Crippen LogP contribution in [0.2, 0.25) is 5.02 Å². The van der Waals surface area contributed by atoms with E-state index in [4.69, 9.17) is 17.3 Å². The highest BCUT2D eigenvalue weighted by atomic mass is 79.9. The average molecular weight is 396 g/mol. The Morgan fingerprint density at radius 1 is 1.29 bits per heavy atom. The number of halogens is 2. The second-order valence-electron chi connectivity index (χ2n) is 5.65. The van der Waals surface area contributed by atoms with Crippen LogP contribution in [0.1, 0.15) is 39.0 Å². The zero-order valence-corrected chi connectivity index (χ0v) is 15.1. The van der Waals surface area contributed by atoms with Crippen molar-refractivity contribution in [3.8, 4) is 0 Å². The number of anilines is 1. The number of sulfonamides is 1. The second kappa shape index (κ2) is 6.86. The predicted octanol–water partition coefficient (Wildman–Crippen LogP) is 3.93. The Balaban J connectivity index is 2.30. The van der Waals surface area contributed by atoms with Crippen LogP contribution in [0.25, 0.3) is 0 Å². The van der Waals surface area contributed by atoms with Gasteiger partial charge in [0.1, 0.15) is 0 Å². The van der Waals surface area contributed by atoms with Crippen molar-refractivity contribution in [2.24, 2.45) is 5.92 Å². The van der Waals surface area contributed by atoms with Gasteiger partial charge in [-0.3, -0.25) is 0 Å². The van der Waals surface area contributed by atoms with Gasteiger partial charge in [-0.25, -0.2) is 13.1 Å². The van der Waals surface area contributed by atoms with Crippen LogP contribution in [0.4, 0.5) is 5.69 Å². The summed E-state index contributed by atoms with van der Waals surface area (Å²) in [5, 5.41) is 0.310. The standard InChI is InChI=1S/C14H20BrClN2O2S/c1-9-5-3-2-4-6-12(9)18-21(19,20)13-8-10(16)7-11(17)14(13)15/h7-9,12,18H,2-6,17H2,1H3. The van der Waals surface area contributed by atoms with Gasteiger partial charge < -0.3 is 5.73 Å². The molecule has 1 aromatic rings. The van der Waals surface area contributed by atoms with Gasteiger partial charge in [-0.15, -0.1) is 0 Å². The van der Waals surface area contributed by atoms with E-state index in [0.29, 0.717) is 21.1 Å². The summed E-state index contributed by atoms with van der Waals surface area (Å²) in [6.07, 6.45) is 5.29. The summed E-state index contributed by atoms with van der Waals surface area (Å²) in [5.74, 6) is 0.331. The molecule has 3 N–H and O–H groups in total. The Kier molecular flexibility index (Phi) is 5.57. The van der Waals surface area contributed by atoms with E-state index < -0.39 is 10.0 Å². The number of benzene rings is 1. The molecule has 0 bridgehead atoms. The lowest BCUT2D eigenvalue weighted by Crippen LogP contribution is -2.39. The first kappa shape index (κ1) is 17.1. The van der Waals surface area contributed by atoms with Gasteiger partial charge in [-0.05, 0) is 46.8 Å². The van der Waals surface area contributed by atoms with Gasteiger partial charge in [0.15, 0.2) is 0 Å². The first-order chi connectivity index (χ1) is 9.81. The lowest BCUT2D eigenvalue weighted by atomic mass is 9.98. The summed E-state index contributed by atoms with van der Waals surface area (Å²) in [7, 11) is -3.65. The van der Waals surface area contributed by atoms with Gasteiger partial charge in [0, 0.05) is 16.8 Å². The first-order valence-electron chi connectivity index (χ1n) is 7.08. The van der Waals surface area contributed by atoms with Crippen LogP contribution in [0.15, 0.2) is 21.5 Å². The Hall–Kier alpha value is -0.300. The summed E-state index contributed by atoms with van der Waals surface area (Å²) in [6, 6.07) is 2.91. The summed E-state index contributed by atoms with van der Waals surface area (Å²) < 4.78 is 28.4. The molecule has 1 saturated carbocycles. The van der Waals surface area contributed by atoms with Gasteiger partial charge in [0.25, 0.3) is 0 Å². The van der Waals surface area contributed by atoms with Crippen molar-refractivity contribution in [3.05, 3.63) is 21.6 Å². The minimum atomic E-state index is -3.65. The molecule has 21 heavy (non-hydrogen) atoms. The van der Waals surface area contributed by atoms with E-state index in [1.165, 1.54) is 12.1 Å². The van der Waals surface area contributed by atoms with Crippen LogP contribution in [0.5, 0.6) is 0 Å². The number of hydrogen-bond acceptors (Lipinski definition) is 3. The lowest BCUT2D eigenvalue weighted by Gasteiger charge is -2.23. The topological polar surface area (TPSA) is 72.2 Å². The number of nitrogens with two attached hydrogens (primary N) is 1. The fraction of sp³-hybridized carbons (Fsp3) is 0.571. The summed E-state index contributed by atoms with van der Waals surface area (Å²) in [6.45, 7) is 2.10. The molecule has 0 aliphatic heterocycles. The maximum absolute atomic E-state index is 12.6. The maximum Gasteiger partial charge on any atom is 0.242 e. The fourth-order valence-electron chi connectivity index (χ4n) is 2.71. The normalized spacial score (nSPS) is 23.8. The Labute approximate surface area is 139 Å². The first-order valence-corrected chi connectivity index (χ1v) is 9.73. The van der Waals surface area contributed by atoms with Crippen molar-refractivity contribution in [3.63, 3.8) is 0 Å². The Morgan fingerprint density at radius 2 is 1.95 bits per heavy atom. The predicted molar refractivity (Wildman–Crippen MR) is 89.9 cm³/mol. The summed E-state index contributed by atoms with van der Waals surface area (Å²) in [5.41, 5.74) is 6.10. The molecule has 4 nitrogen and oxygen atoms in total. The number of rotatable bonds is 3. The van der Waals surface area contributed by atoms with Gasteiger partial charge in [0.2, 0.25) is 10.0 Å². The van der Waals surface area contributed by atoms with E-state index in [9.17, 15) is 8.42 Å². The summed E-state index contributed by atoms with van der Waals surface area (Å²) >= 11 is 9.18. The highest BCUT2D eigenvalue weighted by molar-refractivity contribution is 9.10. The molecule has 0 spiro atoms. The van der Waals surface area contributed by atoms with Crippen LogP contribution >= 0.6 is 27.5 Å². The molecule has 0 amide bonds. The molecular formula is C14H20BrClN2O2S. The molecule has 1 aliphatic carbocycles. The molecule has 0 heterocycles. The highest BCUT2D eigenvalue weighted by Gasteiger charge is 2.27. The van der Waals surface area contributed by atoms with Crippen LogP contribution in [-0.2, 0) is 10.0 Å². The van der Waals surface area contributed by atoms with Gasteiger partial charge in [-0.1, -0.05) is 37.8 Å². The molecule has 1 fully saturated rings. The van der Waals surface area contributed by atoms with E-state index >= 15 is 0 Å². The second-order valence-corrected chi connectivity index (χ2v) is 8.56. The largest absolute Gasteiger partial charge is 0.398 e. The van der Waals surface area contributed by atoms with Gasteiger partial charge in [-0.2, -0.15) is 0 Å². The number of nitrogen functional groups attached to an aromatic ring is 1. The van der Waals surface area contributed by atoms with Crippen LogP contribution in [0.3, 0.4) is 0 Å². The van der Waals surface area contributed by atoms with Crippen LogP contribution in [-0.4, -0.2) is 14.5 Å². The summed E-state index contributed by atoms with van der Waals surface area (Å²) in [4.78, 5) is 0.101. The van der Waals surface area contributed by atoms with E-state index in [2.05, 4.69) is 27.6 Å². The molecule has 1 aliphatic rings. The van der Waals surface area contributed by atoms with Gasteiger partial charge in [0.05, 0.1) is 9.37 Å². The smallest absolute Gasteiger partial charge is 0.242 e. The van der Waals surface area contributed by atoms with Crippen molar-refractivity contribution in [1.29, 1.82) is 0 Å². The van der Waals surface area contributed by atoms with Crippen molar-refractivity contribution < 1.29 is 8.42 Å². The Bertz CT molecular complexity index is 622. The van der Waals surface area contributed by atoms with Crippen molar-refractivity contribution >= 4 is 43.2 Å². The van der Waals surface area contributed by atoms with Gasteiger partial charge >= 0.3 is 0 Å². The molecule has 0 saturated heterocycles. The molecule has 2 unspecified atom stereocenters. The molecule has 0 radical (unpaired) electrons. The lowest BCUT2D eigenvalue weighted by molar-refractivity contribution is 0.399. The van der Waals surface area contributed by atoms with Crippen molar-refractivity contribution in [2.45, 2.75) is 50.0 Å². The third-order valence-corrected chi connectivity index (χ3v) is 6.87. The fourth-order valence-corrected chi connectivity index (χ4v) is 5.38. The molecule has 2 rings (SSSR count). The molecule has 2 atom stereocenters. The SMILES string of the molecule is CC1CCCCCC1NS(=O)(=O)c1cc(Cl)cc(N)c1Br. The zero-order chi connectivity index (χ0) is 15.6. The highest BCUT2D eigenvalue weighted by Crippen LogP contribution is 2.32. The zero-order valence-electron chi connectivity index (χ0n) is 11.9. The van der Waals surface area contributed by atoms with E-state index in [0.717, 1.165) is 32.1 Å². The number of nitrogens with one attached hydrogen (secondary N) is 1. The molecule has 7 heteroatoms. The van der Waals surface area contributed by atoms with E-state index in [-0.39, 0.29) is 10.9 Å². The third kappa shape index (κ3) is 4.12. The van der Waals surface area contributed by atoms with E-state index in [1.54, 1.807) is 0 Å². The number of hydrogen-bond donors (Lipinski definition) is 2. The minimum absolute atomic E-state index is 0.0374. The Morgan fingerprint density at radius 3 is 2.67 bits per heavy atom. The van der Waals surface area contributed by atoms with Crippen LogP contribution in [0, 0.1) is 5.92 Å². The average Bonchev–Trinajstić information content (AvgIpc) is 2.59. The quantitative estimate of drug-likeness (QED) is 0.601. The van der Waals surface area contributed by atoms with Crippen molar-refractivity contribution in [1.82, 2.24) is 4.72 Å².